The molecule has 154 valence electrons. The summed E-state index contributed by atoms with van der Waals surface area (Å²) in [6.45, 7) is 3.78. The number of amides is 1. The molecule has 2 heterocycles. The van der Waals surface area contributed by atoms with Crippen molar-refractivity contribution in [2.45, 2.75) is 6.04 Å². The van der Waals surface area contributed by atoms with Gasteiger partial charge in [0, 0.05) is 37.4 Å². The average Bonchev–Trinajstić information content (AvgIpc) is 2.80. The van der Waals surface area contributed by atoms with Crippen LogP contribution in [-0.4, -0.2) is 48.5 Å². The number of carbonyl (C=O) groups is 1. The van der Waals surface area contributed by atoms with Gasteiger partial charge in [0.1, 0.15) is 5.82 Å². The van der Waals surface area contributed by atoms with Gasteiger partial charge >= 0.3 is 0 Å². The number of hydrogen-bond donors (Lipinski definition) is 1. The third kappa shape index (κ3) is 5.17. The zero-order valence-electron chi connectivity index (χ0n) is 16.7. The topological polar surface area (TPSA) is 48.5 Å². The smallest absolute Gasteiger partial charge is 0.234 e. The molecule has 1 aliphatic heterocycles. The second kappa shape index (κ2) is 9.74. The van der Waals surface area contributed by atoms with Crippen molar-refractivity contribution in [1.82, 2.24) is 15.2 Å². The van der Waals surface area contributed by atoms with Crippen LogP contribution < -0.4 is 10.2 Å². The van der Waals surface area contributed by atoms with E-state index in [4.69, 9.17) is 11.6 Å². The molecule has 6 heteroatoms. The molecule has 0 spiro atoms. The molecular formula is C24H25ClN4O. The Morgan fingerprint density at radius 2 is 1.57 bits per heavy atom. The van der Waals surface area contributed by atoms with Crippen LogP contribution in [0, 0.1) is 0 Å². The maximum atomic E-state index is 12.9. The molecule has 0 radical (unpaired) electrons. The summed E-state index contributed by atoms with van der Waals surface area (Å²) in [4.78, 5) is 21.8. The van der Waals surface area contributed by atoms with Crippen LogP contribution in [-0.2, 0) is 4.79 Å². The summed E-state index contributed by atoms with van der Waals surface area (Å²) in [6.07, 6.45) is 1.82. The fourth-order valence-electron chi connectivity index (χ4n) is 3.75. The van der Waals surface area contributed by atoms with Gasteiger partial charge in [-0.15, -0.1) is 0 Å². The Morgan fingerprint density at radius 1 is 0.900 bits per heavy atom. The quantitative estimate of drug-likeness (QED) is 0.659. The number of aromatic nitrogens is 1. The molecule has 0 aliphatic carbocycles. The van der Waals surface area contributed by atoms with E-state index in [1.165, 1.54) is 0 Å². The van der Waals surface area contributed by atoms with Gasteiger partial charge < -0.3 is 10.2 Å². The Labute approximate surface area is 182 Å². The van der Waals surface area contributed by atoms with E-state index in [1.807, 2.05) is 79.0 Å². The van der Waals surface area contributed by atoms with Crippen molar-refractivity contribution in [1.29, 1.82) is 0 Å². The van der Waals surface area contributed by atoms with Gasteiger partial charge in [0.05, 0.1) is 12.6 Å². The average molecular weight is 421 g/mol. The van der Waals surface area contributed by atoms with Crippen LogP contribution in [0.2, 0.25) is 5.02 Å². The molecule has 1 aromatic heterocycles. The first-order chi connectivity index (χ1) is 14.7. The van der Waals surface area contributed by atoms with Crippen molar-refractivity contribution in [3.63, 3.8) is 0 Å². The molecule has 1 atom stereocenters. The number of benzene rings is 2. The number of halogens is 1. The lowest BCUT2D eigenvalue weighted by molar-refractivity contribution is -0.122. The van der Waals surface area contributed by atoms with Crippen LogP contribution in [0.1, 0.15) is 17.2 Å². The second-order valence-corrected chi connectivity index (χ2v) is 7.85. The molecule has 2 aromatic carbocycles. The van der Waals surface area contributed by atoms with Crippen LogP contribution in [0.5, 0.6) is 0 Å². The maximum absolute atomic E-state index is 12.9. The molecule has 1 saturated heterocycles. The summed E-state index contributed by atoms with van der Waals surface area (Å²) in [5, 5.41) is 3.89. The molecule has 4 rings (SSSR count). The van der Waals surface area contributed by atoms with Gasteiger partial charge in [0.2, 0.25) is 5.91 Å². The van der Waals surface area contributed by atoms with E-state index in [-0.39, 0.29) is 11.9 Å². The third-order valence-corrected chi connectivity index (χ3v) is 5.61. The summed E-state index contributed by atoms with van der Waals surface area (Å²) in [5.41, 5.74) is 2.06. The predicted octanol–water partition coefficient (Wildman–Crippen LogP) is 3.76. The number of rotatable bonds is 6. The molecule has 1 fully saturated rings. The molecule has 1 unspecified atom stereocenters. The number of pyridine rings is 1. The van der Waals surface area contributed by atoms with Gasteiger partial charge in [-0.2, -0.15) is 0 Å². The summed E-state index contributed by atoms with van der Waals surface area (Å²) >= 11 is 6.05. The summed E-state index contributed by atoms with van der Waals surface area (Å²) < 4.78 is 0. The second-order valence-electron chi connectivity index (χ2n) is 7.41. The first-order valence-electron chi connectivity index (χ1n) is 10.2. The Kier molecular flexibility index (Phi) is 6.62. The molecule has 0 bridgehead atoms. The van der Waals surface area contributed by atoms with Crippen molar-refractivity contribution >= 4 is 23.3 Å². The standard InChI is InChI=1S/C24H25ClN4O/c25-21-11-9-20(10-12-21)24(19-6-2-1-3-7-19)27-23(30)18-28-14-16-29(17-15-28)22-8-4-5-13-26-22/h1-13,24H,14-18H2,(H,27,30). The number of nitrogens with one attached hydrogen (secondary N) is 1. The predicted molar refractivity (Wildman–Crippen MR) is 121 cm³/mol. The van der Waals surface area contributed by atoms with Crippen molar-refractivity contribution in [3.8, 4) is 0 Å². The first kappa shape index (κ1) is 20.4. The van der Waals surface area contributed by atoms with Gasteiger partial charge in [-0.25, -0.2) is 4.98 Å². The van der Waals surface area contributed by atoms with Gasteiger partial charge in [-0.1, -0.05) is 60.1 Å². The largest absolute Gasteiger partial charge is 0.354 e. The van der Waals surface area contributed by atoms with E-state index < -0.39 is 0 Å². The highest BCUT2D eigenvalue weighted by Gasteiger charge is 2.22. The van der Waals surface area contributed by atoms with Gasteiger partial charge in [0.15, 0.2) is 0 Å². The lowest BCUT2D eigenvalue weighted by Crippen LogP contribution is -2.50. The van der Waals surface area contributed by atoms with E-state index >= 15 is 0 Å². The third-order valence-electron chi connectivity index (χ3n) is 5.35. The van der Waals surface area contributed by atoms with Crippen molar-refractivity contribution < 1.29 is 4.79 Å². The zero-order valence-corrected chi connectivity index (χ0v) is 17.5. The van der Waals surface area contributed by atoms with Crippen molar-refractivity contribution in [2.75, 3.05) is 37.6 Å². The number of piperazine rings is 1. The highest BCUT2D eigenvalue weighted by Crippen LogP contribution is 2.23. The Balaban J connectivity index is 1.38. The van der Waals surface area contributed by atoms with E-state index in [9.17, 15) is 4.79 Å². The molecule has 0 saturated carbocycles. The monoisotopic (exact) mass is 420 g/mol. The molecule has 1 amide bonds. The number of anilines is 1. The molecule has 3 aromatic rings. The molecular weight excluding hydrogens is 396 g/mol. The van der Waals surface area contributed by atoms with Crippen LogP contribution in [0.15, 0.2) is 79.0 Å². The van der Waals surface area contributed by atoms with Crippen LogP contribution in [0.4, 0.5) is 5.82 Å². The molecule has 1 aliphatic rings. The fraction of sp³-hybridized carbons (Fsp3) is 0.250. The van der Waals surface area contributed by atoms with Gasteiger partial charge in [-0.05, 0) is 35.4 Å². The van der Waals surface area contributed by atoms with Crippen molar-refractivity contribution in [2.24, 2.45) is 0 Å². The van der Waals surface area contributed by atoms with Crippen molar-refractivity contribution in [3.05, 3.63) is 95.1 Å². The fourth-order valence-corrected chi connectivity index (χ4v) is 3.87. The molecule has 5 nitrogen and oxygen atoms in total. The van der Waals surface area contributed by atoms with E-state index in [0.717, 1.165) is 43.1 Å². The minimum absolute atomic E-state index is 0.0186. The number of hydrogen-bond acceptors (Lipinski definition) is 4. The lowest BCUT2D eigenvalue weighted by atomic mass is 9.98. The Hall–Kier alpha value is -2.89. The first-order valence-corrected chi connectivity index (χ1v) is 10.5. The van der Waals surface area contributed by atoms with E-state index in [2.05, 4.69) is 20.1 Å². The normalized spacial score (nSPS) is 15.6. The summed E-state index contributed by atoms with van der Waals surface area (Å²) in [6, 6.07) is 23.4. The van der Waals surface area contributed by atoms with Crippen LogP contribution in [0.3, 0.4) is 0 Å². The summed E-state index contributed by atoms with van der Waals surface area (Å²) in [5.74, 6) is 1.01. The van der Waals surface area contributed by atoms with Gasteiger partial charge in [0.25, 0.3) is 0 Å². The molecule has 30 heavy (non-hydrogen) atoms. The van der Waals surface area contributed by atoms with E-state index in [1.54, 1.807) is 0 Å². The molecule has 1 N–H and O–H groups in total. The highest BCUT2D eigenvalue weighted by atomic mass is 35.5. The SMILES string of the molecule is O=C(CN1CCN(c2ccccn2)CC1)NC(c1ccccc1)c1ccc(Cl)cc1. The minimum atomic E-state index is -0.203. The highest BCUT2D eigenvalue weighted by molar-refractivity contribution is 6.30. The minimum Gasteiger partial charge on any atom is -0.354 e. The lowest BCUT2D eigenvalue weighted by Gasteiger charge is -2.35. The maximum Gasteiger partial charge on any atom is 0.234 e. The van der Waals surface area contributed by atoms with Gasteiger partial charge in [-0.3, -0.25) is 9.69 Å². The summed E-state index contributed by atoms with van der Waals surface area (Å²) in [7, 11) is 0. The zero-order chi connectivity index (χ0) is 20.8. The Morgan fingerprint density at radius 3 is 2.23 bits per heavy atom. The number of carbonyl (C=O) groups excluding carboxylic acids is 1. The van der Waals surface area contributed by atoms with E-state index in [0.29, 0.717) is 11.6 Å². The van der Waals surface area contributed by atoms with Crippen LogP contribution >= 0.6 is 11.6 Å². The Bertz CT molecular complexity index is 942. The van der Waals surface area contributed by atoms with Crippen LogP contribution in [0.25, 0.3) is 0 Å². The number of nitrogens with zero attached hydrogens (tertiary/aromatic N) is 3.